The molecule has 1 saturated heterocycles. The summed E-state index contributed by atoms with van der Waals surface area (Å²) in [4.78, 5) is 2.54. The van der Waals surface area contributed by atoms with Crippen molar-refractivity contribution in [2.45, 2.75) is 44.6 Å². The van der Waals surface area contributed by atoms with Crippen LogP contribution in [-0.4, -0.2) is 43.7 Å². The highest BCUT2D eigenvalue weighted by Crippen LogP contribution is 2.28. The summed E-state index contributed by atoms with van der Waals surface area (Å²) in [6.07, 6.45) is 8.19. The van der Waals surface area contributed by atoms with Gasteiger partial charge in [-0.1, -0.05) is 19.3 Å². The van der Waals surface area contributed by atoms with E-state index in [4.69, 9.17) is 5.73 Å². The molecule has 0 spiro atoms. The lowest BCUT2D eigenvalue weighted by Crippen LogP contribution is -2.42. The molecule has 1 aliphatic heterocycles. The number of hydrogen-bond donors (Lipinski definition) is 2. The molecule has 94 valence electrons. The molecule has 1 saturated carbocycles. The van der Waals surface area contributed by atoms with E-state index < -0.39 is 0 Å². The van der Waals surface area contributed by atoms with Crippen molar-refractivity contribution in [3.63, 3.8) is 0 Å². The van der Waals surface area contributed by atoms with Crippen LogP contribution in [0.1, 0.15) is 38.5 Å². The Morgan fingerprint density at radius 2 is 1.81 bits per heavy atom. The Morgan fingerprint density at radius 1 is 1.06 bits per heavy atom. The van der Waals surface area contributed by atoms with Crippen LogP contribution in [-0.2, 0) is 0 Å². The van der Waals surface area contributed by atoms with Crippen LogP contribution in [0.25, 0.3) is 0 Å². The van der Waals surface area contributed by atoms with Crippen LogP contribution < -0.4 is 11.1 Å². The third kappa shape index (κ3) is 4.04. The highest BCUT2D eigenvalue weighted by Gasteiger charge is 2.17. The van der Waals surface area contributed by atoms with Crippen molar-refractivity contribution in [2.75, 3.05) is 32.7 Å². The maximum absolute atomic E-state index is 5.89. The molecule has 3 heteroatoms. The lowest BCUT2D eigenvalue weighted by atomic mass is 9.83. The molecule has 16 heavy (non-hydrogen) atoms. The first-order chi connectivity index (χ1) is 7.84. The normalized spacial score (nSPS) is 24.6. The van der Waals surface area contributed by atoms with E-state index in [9.17, 15) is 0 Å². The highest BCUT2D eigenvalue weighted by molar-refractivity contribution is 4.74. The van der Waals surface area contributed by atoms with Crippen molar-refractivity contribution >= 4 is 0 Å². The third-order valence-electron chi connectivity index (χ3n) is 4.19. The zero-order chi connectivity index (χ0) is 11.2. The maximum atomic E-state index is 5.89. The summed E-state index contributed by atoms with van der Waals surface area (Å²) in [5, 5.41) is 3.57. The quantitative estimate of drug-likeness (QED) is 0.667. The fourth-order valence-electron chi connectivity index (χ4n) is 2.63. The van der Waals surface area contributed by atoms with E-state index >= 15 is 0 Å². The third-order valence-corrected chi connectivity index (χ3v) is 4.19. The molecular weight excluding hydrogens is 198 g/mol. The second-order valence-electron chi connectivity index (χ2n) is 5.51. The summed E-state index contributed by atoms with van der Waals surface area (Å²) in [5.41, 5.74) is 5.89. The molecule has 0 bridgehead atoms. The van der Waals surface area contributed by atoms with Crippen LogP contribution in [0.5, 0.6) is 0 Å². The van der Waals surface area contributed by atoms with E-state index in [2.05, 4.69) is 10.2 Å². The van der Waals surface area contributed by atoms with Crippen LogP contribution in [0.2, 0.25) is 0 Å². The number of nitrogens with zero attached hydrogens (tertiary/aromatic N) is 1. The molecule has 0 aromatic rings. The summed E-state index contributed by atoms with van der Waals surface area (Å²) in [6, 6.07) is 0.461. The molecular formula is C13H27N3. The average molecular weight is 225 g/mol. The lowest BCUT2D eigenvalue weighted by Gasteiger charge is -2.30. The van der Waals surface area contributed by atoms with Gasteiger partial charge in [-0.05, 0) is 44.8 Å². The Kier molecular flexibility index (Phi) is 5.07. The van der Waals surface area contributed by atoms with Gasteiger partial charge in [0.1, 0.15) is 0 Å². The largest absolute Gasteiger partial charge is 0.328 e. The molecule has 1 heterocycles. The molecule has 2 rings (SSSR count). The molecule has 0 radical (unpaired) electrons. The Labute approximate surface area is 99.8 Å². The number of nitrogens with one attached hydrogen (secondary N) is 1. The Hall–Kier alpha value is -0.120. The molecule has 2 aliphatic rings. The average Bonchev–Trinajstić information content (AvgIpc) is 2.23. The van der Waals surface area contributed by atoms with E-state index in [0.717, 1.165) is 12.5 Å². The summed E-state index contributed by atoms with van der Waals surface area (Å²) < 4.78 is 0. The monoisotopic (exact) mass is 225 g/mol. The van der Waals surface area contributed by atoms with Crippen LogP contribution in [0.4, 0.5) is 0 Å². The minimum atomic E-state index is 0.461. The van der Waals surface area contributed by atoms with Gasteiger partial charge < -0.3 is 16.0 Å². The van der Waals surface area contributed by atoms with Crippen molar-refractivity contribution in [3.05, 3.63) is 0 Å². The summed E-state index contributed by atoms with van der Waals surface area (Å²) in [7, 11) is 0. The van der Waals surface area contributed by atoms with Crippen molar-refractivity contribution in [1.82, 2.24) is 10.2 Å². The van der Waals surface area contributed by atoms with Crippen LogP contribution >= 0.6 is 0 Å². The van der Waals surface area contributed by atoms with Crippen LogP contribution in [0.15, 0.2) is 0 Å². The first kappa shape index (κ1) is 12.3. The minimum absolute atomic E-state index is 0.461. The second kappa shape index (κ2) is 6.58. The fraction of sp³-hybridized carbons (Fsp3) is 1.00. The Morgan fingerprint density at radius 3 is 2.44 bits per heavy atom. The molecule has 0 amide bonds. The molecule has 0 unspecified atom stereocenters. The molecule has 0 aromatic carbocycles. The molecule has 2 fully saturated rings. The Balaban J connectivity index is 1.42. The summed E-state index contributed by atoms with van der Waals surface area (Å²) in [5.74, 6) is 1.04. The number of piperidine rings is 1. The number of nitrogens with two attached hydrogens (primary N) is 1. The van der Waals surface area contributed by atoms with E-state index in [1.807, 2.05) is 0 Å². The molecule has 0 atom stereocenters. The summed E-state index contributed by atoms with van der Waals surface area (Å²) >= 11 is 0. The zero-order valence-corrected chi connectivity index (χ0v) is 10.5. The van der Waals surface area contributed by atoms with Crippen molar-refractivity contribution in [2.24, 2.45) is 11.7 Å². The Bertz CT molecular complexity index is 184. The predicted molar refractivity (Wildman–Crippen MR) is 68.5 cm³/mol. The molecule has 0 aromatic heterocycles. The van der Waals surface area contributed by atoms with Crippen molar-refractivity contribution in [1.29, 1.82) is 0 Å². The second-order valence-corrected chi connectivity index (χ2v) is 5.51. The van der Waals surface area contributed by atoms with Gasteiger partial charge in [0.2, 0.25) is 0 Å². The van der Waals surface area contributed by atoms with Crippen molar-refractivity contribution < 1.29 is 0 Å². The van der Waals surface area contributed by atoms with Gasteiger partial charge >= 0.3 is 0 Å². The van der Waals surface area contributed by atoms with E-state index in [0.29, 0.717) is 6.04 Å². The van der Waals surface area contributed by atoms with Crippen LogP contribution in [0, 0.1) is 5.92 Å². The number of hydrogen-bond acceptors (Lipinski definition) is 3. The fourth-order valence-corrected chi connectivity index (χ4v) is 2.63. The first-order valence-corrected chi connectivity index (χ1v) is 7.03. The summed E-state index contributed by atoms with van der Waals surface area (Å²) in [6.45, 7) is 5.98. The van der Waals surface area contributed by atoms with E-state index in [1.165, 1.54) is 64.7 Å². The van der Waals surface area contributed by atoms with E-state index in [-0.39, 0.29) is 0 Å². The standard InChI is InChI=1S/C13H27N3/c14-13-5-9-16(10-6-13)11-8-15-7-4-12-2-1-3-12/h12-13,15H,1-11,14H2. The van der Waals surface area contributed by atoms with Gasteiger partial charge in [-0.15, -0.1) is 0 Å². The molecule has 3 N–H and O–H groups in total. The SMILES string of the molecule is NC1CCN(CCNCCC2CCC2)CC1. The molecule has 1 aliphatic carbocycles. The lowest BCUT2D eigenvalue weighted by molar-refractivity contribution is 0.212. The van der Waals surface area contributed by atoms with Crippen LogP contribution in [0.3, 0.4) is 0 Å². The maximum Gasteiger partial charge on any atom is 0.0107 e. The molecule has 3 nitrogen and oxygen atoms in total. The van der Waals surface area contributed by atoms with Gasteiger partial charge in [0, 0.05) is 19.1 Å². The topological polar surface area (TPSA) is 41.3 Å². The predicted octanol–water partition coefficient (Wildman–Crippen LogP) is 1.19. The number of rotatable bonds is 6. The highest BCUT2D eigenvalue weighted by atomic mass is 15.1. The van der Waals surface area contributed by atoms with Gasteiger partial charge in [0.05, 0.1) is 0 Å². The smallest absolute Gasteiger partial charge is 0.0107 e. The van der Waals surface area contributed by atoms with Gasteiger partial charge in [0.25, 0.3) is 0 Å². The van der Waals surface area contributed by atoms with Gasteiger partial charge in [0.15, 0.2) is 0 Å². The van der Waals surface area contributed by atoms with Gasteiger partial charge in [-0.25, -0.2) is 0 Å². The van der Waals surface area contributed by atoms with Gasteiger partial charge in [-0.3, -0.25) is 0 Å². The van der Waals surface area contributed by atoms with Gasteiger partial charge in [-0.2, -0.15) is 0 Å². The zero-order valence-electron chi connectivity index (χ0n) is 10.5. The first-order valence-electron chi connectivity index (χ1n) is 7.03. The number of likely N-dealkylation sites (tertiary alicyclic amines) is 1. The minimum Gasteiger partial charge on any atom is -0.328 e. The van der Waals surface area contributed by atoms with E-state index in [1.54, 1.807) is 0 Å². The van der Waals surface area contributed by atoms with Crippen molar-refractivity contribution in [3.8, 4) is 0 Å².